The summed E-state index contributed by atoms with van der Waals surface area (Å²) in [5, 5.41) is 2.38. The maximum atomic E-state index is 13.2. The van der Waals surface area contributed by atoms with E-state index in [2.05, 4.69) is 46.6 Å². The fraction of sp³-hybridized carbons (Fsp3) is 0.444. The van der Waals surface area contributed by atoms with Gasteiger partial charge in [-0.05, 0) is 47.4 Å². The second kappa shape index (κ2) is 8.32. The van der Waals surface area contributed by atoms with Crippen LogP contribution in [0.25, 0.3) is 0 Å². The van der Waals surface area contributed by atoms with Crippen molar-refractivity contribution in [1.29, 1.82) is 0 Å². The predicted octanol–water partition coefficient (Wildman–Crippen LogP) is 2.01. The van der Waals surface area contributed by atoms with E-state index >= 15 is 0 Å². The molecule has 4 aliphatic rings. The molecular weight excluding hydrogens is 428 g/mol. The van der Waals surface area contributed by atoms with E-state index in [-0.39, 0.29) is 30.2 Å². The summed E-state index contributed by atoms with van der Waals surface area (Å²) in [5.41, 5.74) is 10.9. The van der Waals surface area contributed by atoms with Crippen LogP contribution in [0.4, 0.5) is 0 Å². The topological polar surface area (TPSA) is 95.7 Å². The number of rotatable bonds is 4. The molecular formula is C27H30N4O3. The van der Waals surface area contributed by atoms with Gasteiger partial charge in [0.1, 0.15) is 6.04 Å². The molecule has 2 aromatic carbocycles. The highest BCUT2D eigenvalue weighted by Gasteiger charge is 2.46. The first kappa shape index (κ1) is 21.5. The third-order valence-electron chi connectivity index (χ3n) is 8.32. The second-order valence-electron chi connectivity index (χ2n) is 10.3. The van der Waals surface area contributed by atoms with Crippen LogP contribution in [-0.2, 0) is 22.7 Å². The molecule has 1 aliphatic carbocycles. The van der Waals surface area contributed by atoms with E-state index in [9.17, 15) is 14.4 Å². The third kappa shape index (κ3) is 3.54. The van der Waals surface area contributed by atoms with Crippen LogP contribution in [0.3, 0.4) is 0 Å². The summed E-state index contributed by atoms with van der Waals surface area (Å²) in [4.78, 5) is 41.2. The highest BCUT2D eigenvalue weighted by molar-refractivity contribution is 6.05. The number of piperidine rings is 2. The van der Waals surface area contributed by atoms with E-state index in [0.29, 0.717) is 36.3 Å². The lowest BCUT2D eigenvalue weighted by molar-refractivity contribution is -0.136. The molecule has 3 fully saturated rings. The number of nitrogens with zero attached hydrogens (tertiary/aromatic N) is 2. The molecule has 3 amide bonds. The Morgan fingerprint density at radius 2 is 1.76 bits per heavy atom. The molecule has 6 rings (SSSR count). The molecule has 2 aromatic rings. The Morgan fingerprint density at radius 3 is 2.56 bits per heavy atom. The Kier molecular flexibility index (Phi) is 5.26. The van der Waals surface area contributed by atoms with Crippen molar-refractivity contribution in [3.8, 4) is 0 Å². The molecule has 0 spiro atoms. The van der Waals surface area contributed by atoms with Crippen LogP contribution in [0, 0.1) is 11.8 Å². The number of hydrogen-bond donors (Lipinski definition) is 2. The van der Waals surface area contributed by atoms with Crippen LogP contribution in [0.15, 0.2) is 48.5 Å². The van der Waals surface area contributed by atoms with Gasteiger partial charge in [0.2, 0.25) is 11.8 Å². The van der Waals surface area contributed by atoms with Crippen LogP contribution < -0.4 is 11.1 Å². The lowest BCUT2D eigenvalue weighted by atomic mass is 9.87. The molecule has 7 heteroatoms. The van der Waals surface area contributed by atoms with E-state index in [4.69, 9.17) is 5.73 Å². The van der Waals surface area contributed by atoms with E-state index in [1.807, 2.05) is 12.1 Å². The zero-order chi connectivity index (χ0) is 23.4. The van der Waals surface area contributed by atoms with Crippen molar-refractivity contribution in [3.63, 3.8) is 0 Å². The van der Waals surface area contributed by atoms with Crippen molar-refractivity contribution in [3.05, 3.63) is 70.8 Å². The Labute approximate surface area is 199 Å². The number of nitrogens with one attached hydrogen (secondary N) is 1. The molecule has 0 aromatic heterocycles. The Morgan fingerprint density at radius 1 is 0.971 bits per heavy atom. The fourth-order valence-corrected chi connectivity index (χ4v) is 6.76. The third-order valence-corrected chi connectivity index (χ3v) is 8.32. The number of carbonyl (C=O) groups excluding carboxylic acids is 3. The minimum atomic E-state index is -0.582. The average Bonchev–Trinajstić information content (AvgIpc) is 3.28. The minimum Gasteiger partial charge on any atom is -0.327 e. The number of hydrogen-bond acceptors (Lipinski definition) is 5. The zero-order valence-corrected chi connectivity index (χ0v) is 19.2. The summed E-state index contributed by atoms with van der Waals surface area (Å²) >= 11 is 0. The maximum Gasteiger partial charge on any atom is 0.255 e. The first-order chi connectivity index (χ1) is 16.5. The van der Waals surface area contributed by atoms with Crippen LogP contribution >= 0.6 is 0 Å². The molecule has 3 N–H and O–H groups in total. The number of carbonyl (C=O) groups is 3. The number of amides is 3. The van der Waals surface area contributed by atoms with Gasteiger partial charge >= 0.3 is 0 Å². The van der Waals surface area contributed by atoms with Gasteiger partial charge in [-0.15, -0.1) is 0 Å². The second-order valence-corrected chi connectivity index (χ2v) is 10.3. The van der Waals surface area contributed by atoms with Crippen molar-refractivity contribution in [1.82, 2.24) is 15.1 Å². The van der Waals surface area contributed by atoms with Gasteiger partial charge in [-0.3, -0.25) is 24.6 Å². The summed E-state index contributed by atoms with van der Waals surface area (Å²) in [6.45, 7) is 3.16. The van der Waals surface area contributed by atoms with Crippen molar-refractivity contribution < 1.29 is 14.4 Å². The molecule has 5 atom stereocenters. The normalized spacial score (nSPS) is 31.0. The van der Waals surface area contributed by atoms with E-state index in [0.717, 1.165) is 30.8 Å². The van der Waals surface area contributed by atoms with Crippen molar-refractivity contribution >= 4 is 17.7 Å². The zero-order valence-electron chi connectivity index (χ0n) is 19.2. The SMILES string of the molecule is N[C@H]1[C@@H]2C[C@@H](CN(Cc3cccc4c3CN(C3CCC(=O)NC3=O)C4=O)C2)[C@@H]1c1ccccc1. The molecule has 2 bridgehead atoms. The number of likely N-dealkylation sites (tertiary alicyclic amines) is 1. The van der Waals surface area contributed by atoms with E-state index in [1.54, 1.807) is 4.90 Å². The van der Waals surface area contributed by atoms with Gasteiger partial charge in [-0.1, -0.05) is 42.5 Å². The fourth-order valence-electron chi connectivity index (χ4n) is 6.76. The van der Waals surface area contributed by atoms with Crippen molar-refractivity contribution in [2.24, 2.45) is 17.6 Å². The van der Waals surface area contributed by atoms with Gasteiger partial charge in [0, 0.05) is 50.1 Å². The van der Waals surface area contributed by atoms with Crippen LogP contribution in [0.1, 0.15) is 52.2 Å². The molecule has 3 heterocycles. The molecule has 34 heavy (non-hydrogen) atoms. The monoisotopic (exact) mass is 458 g/mol. The van der Waals surface area contributed by atoms with Gasteiger partial charge in [-0.2, -0.15) is 0 Å². The van der Waals surface area contributed by atoms with E-state index in [1.165, 1.54) is 12.0 Å². The quantitative estimate of drug-likeness (QED) is 0.684. The summed E-state index contributed by atoms with van der Waals surface area (Å²) in [7, 11) is 0. The largest absolute Gasteiger partial charge is 0.327 e. The molecule has 3 aliphatic heterocycles. The van der Waals surface area contributed by atoms with E-state index < -0.39 is 6.04 Å². The Balaban J connectivity index is 1.20. The summed E-state index contributed by atoms with van der Waals surface area (Å²) in [5.74, 6) is 0.653. The lowest BCUT2D eigenvalue weighted by Crippen LogP contribution is -2.52. The highest BCUT2D eigenvalue weighted by Crippen LogP contribution is 2.46. The average molecular weight is 459 g/mol. The Hall–Kier alpha value is -3.03. The Bertz CT molecular complexity index is 1150. The van der Waals surface area contributed by atoms with Crippen molar-refractivity contribution in [2.75, 3.05) is 13.1 Å². The lowest BCUT2D eigenvalue weighted by Gasteiger charge is -2.33. The molecule has 7 nitrogen and oxygen atoms in total. The molecule has 176 valence electrons. The summed E-state index contributed by atoms with van der Waals surface area (Å²) in [6.07, 6.45) is 1.82. The number of imide groups is 1. The van der Waals surface area contributed by atoms with Crippen LogP contribution in [0.2, 0.25) is 0 Å². The van der Waals surface area contributed by atoms with Crippen LogP contribution in [-0.4, -0.2) is 52.7 Å². The minimum absolute atomic E-state index is 0.115. The number of nitrogens with two attached hydrogens (primary N) is 1. The first-order valence-electron chi connectivity index (χ1n) is 12.3. The molecule has 0 radical (unpaired) electrons. The smallest absolute Gasteiger partial charge is 0.255 e. The summed E-state index contributed by atoms with van der Waals surface area (Å²) < 4.78 is 0. The molecule has 1 saturated carbocycles. The molecule has 2 saturated heterocycles. The summed E-state index contributed by atoms with van der Waals surface area (Å²) in [6, 6.07) is 16.1. The van der Waals surface area contributed by atoms with Gasteiger partial charge in [0.05, 0.1) is 0 Å². The van der Waals surface area contributed by atoms with Gasteiger partial charge in [0.15, 0.2) is 0 Å². The maximum absolute atomic E-state index is 13.2. The van der Waals surface area contributed by atoms with Crippen LogP contribution in [0.5, 0.6) is 0 Å². The van der Waals surface area contributed by atoms with Gasteiger partial charge < -0.3 is 10.6 Å². The van der Waals surface area contributed by atoms with Gasteiger partial charge in [-0.25, -0.2) is 0 Å². The standard InChI is InChI=1S/C27H30N4O3/c28-25-19-11-18(24(25)16-5-2-1-3-6-16)13-30(14-19)12-17-7-4-8-20-21(17)15-31(27(20)34)22-9-10-23(32)29-26(22)33/h1-8,18-19,22,24-25H,9-15,28H2,(H,29,32,33)/t18-,19+,22?,24-,25-/m0/s1. The van der Waals surface area contributed by atoms with Gasteiger partial charge in [0.25, 0.3) is 5.91 Å². The van der Waals surface area contributed by atoms with Crippen molar-refractivity contribution in [2.45, 2.75) is 50.4 Å². The highest BCUT2D eigenvalue weighted by atomic mass is 16.2. The number of benzene rings is 2. The number of fused-ring (bicyclic) bond motifs is 3. The molecule has 1 unspecified atom stereocenters. The first-order valence-corrected chi connectivity index (χ1v) is 12.3. The predicted molar refractivity (Wildman–Crippen MR) is 127 cm³/mol.